The lowest BCUT2D eigenvalue weighted by atomic mass is 10.2. The summed E-state index contributed by atoms with van der Waals surface area (Å²) >= 11 is 0. The third kappa shape index (κ3) is 5.68. The van der Waals surface area contributed by atoms with Gasteiger partial charge in [-0.3, -0.25) is 0 Å². The average molecular weight is 206 g/mol. The third-order valence-corrected chi connectivity index (χ3v) is 1.56. The lowest BCUT2D eigenvalue weighted by Gasteiger charge is -2.03. The summed E-state index contributed by atoms with van der Waals surface area (Å²) in [6, 6.07) is 9.55. The summed E-state index contributed by atoms with van der Waals surface area (Å²) in [5.74, 6) is -0.344. The zero-order valence-electron chi connectivity index (χ0n) is 9.62. The molecule has 0 fully saturated rings. The summed E-state index contributed by atoms with van der Waals surface area (Å²) in [7, 11) is 0. The maximum atomic E-state index is 11.0. The first-order valence-electron chi connectivity index (χ1n) is 5.06. The van der Waals surface area contributed by atoms with E-state index in [0.717, 1.165) is 5.56 Å². The van der Waals surface area contributed by atoms with Gasteiger partial charge >= 0.3 is 5.97 Å². The fourth-order valence-electron chi connectivity index (χ4n) is 0.846. The summed E-state index contributed by atoms with van der Waals surface area (Å²) in [5, 5.41) is 0. The third-order valence-electron chi connectivity index (χ3n) is 1.56. The topological polar surface area (TPSA) is 26.3 Å². The van der Waals surface area contributed by atoms with Gasteiger partial charge in [0.2, 0.25) is 0 Å². The lowest BCUT2D eigenvalue weighted by Crippen LogP contribution is -2.04. The van der Waals surface area contributed by atoms with Gasteiger partial charge in [-0.25, -0.2) is 4.79 Å². The molecule has 0 heterocycles. The largest absolute Gasteiger partial charge is 0.457 e. The van der Waals surface area contributed by atoms with Crippen molar-refractivity contribution >= 4 is 5.97 Å². The average Bonchev–Trinajstić information content (AvgIpc) is 2.30. The molecule has 0 saturated carbocycles. The molecular weight excluding hydrogens is 188 g/mol. The Bertz CT molecular complexity index is 302. The van der Waals surface area contributed by atoms with Gasteiger partial charge in [0, 0.05) is 5.57 Å². The van der Waals surface area contributed by atoms with Crippen LogP contribution in [-0.4, -0.2) is 5.97 Å². The van der Waals surface area contributed by atoms with Crippen LogP contribution in [0, 0.1) is 0 Å². The molecular formula is C13H18O2. The van der Waals surface area contributed by atoms with Gasteiger partial charge in [0.15, 0.2) is 0 Å². The van der Waals surface area contributed by atoms with E-state index in [1.54, 1.807) is 6.92 Å². The van der Waals surface area contributed by atoms with Gasteiger partial charge in [-0.2, -0.15) is 0 Å². The molecule has 0 N–H and O–H groups in total. The van der Waals surface area contributed by atoms with E-state index in [0.29, 0.717) is 12.2 Å². The number of carbonyl (C=O) groups excluding carboxylic acids is 1. The summed E-state index contributed by atoms with van der Waals surface area (Å²) in [6.45, 7) is 9.44. The molecule has 0 bridgehead atoms. The molecule has 0 amide bonds. The van der Waals surface area contributed by atoms with E-state index in [9.17, 15) is 4.79 Å². The number of hydrogen-bond acceptors (Lipinski definition) is 2. The van der Waals surface area contributed by atoms with Crippen molar-refractivity contribution in [1.82, 2.24) is 0 Å². The van der Waals surface area contributed by atoms with Gasteiger partial charge in [-0.15, -0.1) is 0 Å². The van der Waals surface area contributed by atoms with Gasteiger partial charge < -0.3 is 4.74 Å². The summed E-state index contributed by atoms with van der Waals surface area (Å²) in [4.78, 5) is 11.0. The molecule has 0 spiro atoms. The first kappa shape index (κ1) is 13.4. The van der Waals surface area contributed by atoms with Crippen LogP contribution in [0.25, 0.3) is 0 Å². The molecule has 0 aliphatic heterocycles. The Hall–Kier alpha value is -1.57. The van der Waals surface area contributed by atoms with Crippen molar-refractivity contribution in [2.75, 3.05) is 0 Å². The van der Waals surface area contributed by atoms with Gasteiger partial charge in [0.1, 0.15) is 6.61 Å². The van der Waals surface area contributed by atoms with Crippen LogP contribution in [0.2, 0.25) is 0 Å². The maximum absolute atomic E-state index is 11.0. The number of carbonyl (C=O) groups is 1. The van der Waals surface area contributed by atoms with E-state index >= 15 is 0 Å². The Labute approximate surface area is 91.6 Å². The minimum atomic E-state index is -0.344. The van der Waals surface area contributed by atoms with E-state index in [4.69, 9.17) is 4.74 Å². The summed E-state index contributed by atoms with van der Waals surface area (Å²) in [6.07, 6.45) is 0. The zero-order valence-corrected chi connectivity index (χ0v) is 9.62. The summed E-state index contributed by atoms with van der Waals surface area (Å²) < 4.78 is 4.95. The van der Waals surface area contributed by atoms with Crippen LogP contribution in [0.3, 0.4) is 0 Å². The Morgan fingerprint density at radius 3 is 2.27 bits per heavy atom. The molecule has 15 heavy (non-hydrogen) atoms. The molecule has 2 nitrogen and oxygen atoms in total. The molecule has 0 unspecified atom stereocenters. The van der Waals surface area contributed by atoms with E-state index in [-0.39, 0.29) is 5.97 Å². The van der Waals surface area contributed by atoms with E-state index in [1.807, 2.05) is 44.2 Å². The van der Waals surface area contributed by atoms with Gasteiger partial charge in [-0.1, -0.05) is 50.8 Å². The highest BCUT2D eigenvalue weighted by Crippen LogP contribution is 2.02. The quantitative estimate of drug-likeness (QED) is 0.560. The minimum Gasteiger partial charge on any atom is -0.457 e. The van der Waals surface area contributed by atoms with E-state index in [2.05, 4.69) is 6.58 Å². The van der Waals surface area contributed by atoms with Gasteiger partial charge in [0.05, 0.1) is 0 Å². The van der Waals surface area contributed by atoms with Gasteiger partial charge in [0.25, 0.3) is 0 Å². The van der Waals surface area contributed by atoms with Crippen molar-refractivity contribution in [3.8, 4) is 0 Å². The Morgan fingerprint density at radius 1 is 1.27 bits per heavy atom. The van der Waals surface area contributed by atoms with Crippen LogP contribution in [0.1, 0.15) is 26.3 Å². The number of rotatable bonds is 3. The van der Waals surface area contributed by atoms with Crippen LogP contribution in [0.4, 0.5) is 0 Å². The van der Waals surface area contributed by atoms with E-state index in [1.165, 1.54) is 0 Å². The van der Waals surface area contributed by atoms with Crippen LogP contribution in [-0.2, 0) is 16.1 Å². The normalized spacial score (nSPS) is 8.47. The lowest BCUT2D eigenvalue weighted by molar-refractivity contribution is -0.140. The number of ether oxygens (including phenoxy) is 1. The van der Waals surface area contributed by atoms with E-state index < -0.39 is 0 Å². The van der Waals surface area contributed by atoms with Crippen molar-refractivity contribution in [3.63, 3.8) is 0 Å². The zero-order chi connectivity index (χ0) is 11.7. The standard InChI is InChI=1S/C11H12O2.C2H6/c1-9(2)11(12)13-8-10-6-4-3-5-7-10;1-2/h3-7H,1,8H2,2H3;1-2H3. The molecule has 0 atom stereocenters. The molecule has 2 heteroatoms. The Kier molecular flexibility index (Phi) is 6.98. The molecule has 1 aromatic rings. The van der Waals surface area contributed by atoms with Crippen molar-refractivity contribution in [3.05, 3.63) is 48.0 Å². The smallest absolute Gasteiger partial charge is 0.333 e. The molecule has 1 rings (SSSR count). The van der Waals surface area contributed by atoms with Crippen molar-refractivity contribution < 1.29 is 9.53 Å². The molecule has 0 aliphatic rings. The second kappa shape index (κ2) is 7.80. The van der Waals surface area contributed by atoms with Gasteiger partial charge in [-0.05, 0) is 12.5 Å². The van der Waals surface area contributed by atoms with Crippen molar-refractivity contribution in [2.45, 2.75) is 27.4 Å². The predicted molar refractivity (Wildman–Crippen MR) is 62.4 cm³/mol. The predicted octanol–water partition coefficient (Wildman–Crippen LogP) is 3.33. The number of esters is 1. The monoisotopic (exact) mass is 206 g/mol. The fourth-order valence-corrected chi connectivity index (χ4v) is 0.846. The number of hydrogen-bond donors (Lipinski definition) is 0. The first-order valence-corrected chi connectivity index (χ1v) is 5.06. The molecule has 0 radical (unpaired) electrons. The minimum absolute atomic E-state index is 0.312. The van der Waals surface area contributed by atoms with Crippen molar-refractivity contribution in [2.24, 2.45) is 0 Å². The Morgan fingerprint density at radius 2 is 1.80 bits per heavy atom. The maximum Gasteiger partial charge on any atom is 0.333 e. The van der Waals surface area contributed by atoms with Crippen LogP contribution >= 0.6 is 0 Å². The molecule has 0 saturated heterocycles. The highest BCUT2D eigenvalue weighted by Gasteiger charge is 2.02. The SMILES string of the molecule is C=C(C)C(=O)OCc1ccccc1.CC. The van der Waals surface area contributed by atoms with Crippen LogP contribution < -0.4 is 0 Å². The second-order valence-corrected chi connectivity index (χ2v) is 2.84. The molecule has 1 aromatic carbocycles. The van der Waals surface area contributed by atoms with Crippen LogP contribution in [0.15, 0.2) is 42.5 Å². The first-order chi connectivity index (χ1) is 7.20. The molecule has 0 aliphatic carbocycles. The summed E-state index contributed by atoms with van der Waals surface area (Å²) in [5.41, 5.74) is 1.41. The second-order valence-electron chi connectivity index (χ2n) is 2.84. The molecule has 0 aromatic heterocycles. The van der Waals surface area contributed by atoms with Crippen LogP contribution in [0.5, 0.6) is 0 Å². The highest BCUT2D eigenvalue weighted by atomic mass is 16.5. The van der Waals surface area contributed by atoms with Crippen molar-refractivity contribution in [1.29, 1.82) is 0 Å². The number of benzene rings is 1. The highest BCUT2D eigenvalue weighted by molar-refractivity contribution is 5.86. The Balaban J connectivity index is 0.000000921. The fraction of sp³-hybridized carbons (Fsp3) is 0.308. The molecule has 82 valence electrons.